The molecule has 1 aromatic carbocycles. The summed E-state index contributed by atoms with van der Waals surface area (Å²) in [5.41, 5.74) is 6.37. The van der Waals surface area contributed by atoms with Gasteiger partial charge in [-0.05, 0) is 68.5 Å². The van der Waals surface area contributed by atoms with E-state index in [-0.39, 0.29) is 0 Å². The fourth-order valence-corrected chi connectivity index (χ4v) is 3.70. The molecule has 2 fully saturated rings. The second kappa shape index (κ2) is 5.65. The Bertz CT molecular complexity index is 450. The van der Waals surface area contributed by atoms with Crippen LogP contribution >= 0.6 is 0 Å². The molecule has 0 saturated heterocycles. The molecule has 2 unspecified atom stereocenters. The summed E-state index contributed by atoms with van der Waals surface area (Å²) in [6.45, 7) is 4.19. The van der Waals surface area contributed by atoms with Gasteiger partial charge in [-0.1, -0.05) is 12.1 Å². The third kappa shape index (κ3) is 2.78. The Kier molecular flexibility index (Phi) is 3.88. The van der Waals surface area contributed by atoms with Crippen LogP contribution in [0.3, 0.4) is 0 Å². The summed E-state index contributed by atoms with van der Waals surface area (Å²) < 4.78 is 11.5. The topological polar surface area (TPSA) is 44.5 Å². The monoisotopic (exact) mass is 275 g/mol. The van der Waals surface area contributed by atoms with E-state index in [2.05, 4.69) is 0 Å². The predicted octanol–water partition coefficient (Wildman–Crippen LogP) is 3.23. The lowest BCUT2D eigenvalue weighted by molar-refractivity contribution is 0.184. The first-order chi connectivity index (χ1) is 9.76. The highest BCUT2D eigenvalue weighted by Crippen LogP contribution is 2.60. The highest BCUT2D eigenvalue weighted by molar-refractivity contribution is 5.39. The molecule has 20 heavy (non-hydrogen) atoms. The van der Waals surface area contributed by atoms with Crippen LogP contribution in [0.1, 0.15) is 32.6 Å². The average molecular weight is 275 g/mol. The molecule has 0 radical (unpaired) electrons. The zero-order valence-corrected chi connectivity index (χ0v) is 12.3. The number of nitrogens with two attached hydrogens (primary N) is 1. The molecule has 3 nitrogen and oxygen atoms in total. The van der Waals surface area contributed by atoms with Gasteiger partial charge in [0.1, 0.15) is 0 Å². The van der Waals surface area contributed by atoms with Gasteiger partial charge in [0.05, 0.1) is 13.2 Å². The molecule has 2 atom stereocenters. The highest BCUT2D eigenvalue weighted by atomic mass is 16.5. The average Bonchev–Trinajstić information content (AvgIpc) is 3.09. The quantitative estimate of drug-likeness (QED) is 0.831. The maximum atomic E-state index is 6.03. The molecule has 0 heterocycles. The molecule has 2 N–H and O–H groups in total. The van der Waals surface area contributed by atoms with Crippen molar-refractivity contribution in [1.29, 1.82) is 0 Å². The first-order valence-corrected chi connectivity index (χ1v) is 7.81. The minimum atomic E-state index is 0.341. The van der Waals surface area contributed by atoms with Gasteiger partial charge in [0.2, 0.25) is 0 Å². The zero-order chi connectivity index (χ0) is 14.0. The Morgan fingerprint density at radius 1 is 1.15 bits per heavy atom. The van der Waals surface area contributed by atoms with E-state index in [0.29, 0.717) is 12.0 Å². The summed E-state index contributed by atoms with van der Waals surface area (Å²) in [6.07, 6.45) is 5.13. The van der Waals surface area contributed by atoms with Crippen molar-refractivity contribution in [3.63, 3.8) is 0 Å². The normalized spacial score (nSPS) is 30.9. The number of rotatable bonds is 7. The molecular formula is C17H25NO2. The standard InChI is InChI=1S/C17H25NO2/c1-2-19-15-5-3-4-6-16(15)20-8-7-17(12-18)10-13-9-14(13)11-17/h3-6,13-14H,2,7-12,18H2,1H3. The lowest BCUT2D eigenvalue weighted by Crippen LogP contribution is -2.31. The van der Waals surface area contributed by atoms with Crippen LogP contribution in [0.4, 0.5) is 0 Å². The summed E-state index contributed by atoms with van der Waals surface area (Å²) in [4.78, 5) is 0. The molecule has 3 rings (SSSR count). The van der Waals surface area contributed by atoms with Gasteiger partial charge in [-0.2, -0.15) is 0 Å². The van der Waals surface area contributed by atoms with Gasteiger partial charge in [-0.15, -0.1) is 0 Å². The molecule has 1 aromatic rings. The van der Waals surface area contributed by atoms with E-state index < -0.39 is 0 Å². The van der Waals surface area contributed by atoms with Crippen molar-refractivity contribution in [1.82, 2.24) is 0 Å². The van der Waals surface area contributed by atoms with Crippen molar-refractivity contribution in [3.05, 3.63) is 24.3 Å². The summed E-state index contributed by atoms with van der Waals surface area (Å²) in [7, 11) is 0. The molecule has 110 valence electrons. The maximum Gasteiger partial charge on any atom is 0.161 e. The minimum Gasteiger partial charge on any atom is -0.490 e. The molecule has 2 aliphatic carbocycles. The van der Waals surface area contributed by atoms with Crippen molar-refractivity contribution in [2.45, 2.75) is 32.6 Å². The summed E-state index contributed by atoms with van der Waals surface area (Å²) >= 11 is 0. The SMILES string of the molecule is CCOc1ccccc1OCCC1(CN)CC2CC2C1. The summed E-state index contributed by atoms with van der Waals surface area (Å²) in [6, 6.07) is 7.90. The summed E-state index contributed by atoms with van der Waals surface area (Å²) in [5.74, 6) is 3.62. The minimum absolute atomic E-state index is 0.341. The number of hydrogen-bond donors (Lipinski definition) is 1. The molecule has 0 spiro atoms. The van der Waals surface area contributed by atoms with Crippen LogP contribution in [-0.4, -0.2) is 19.8 Å². The molecule has 0 amide bonds. The van der Waals surface area contributed by atoms with Gasteiger partial charge < -0.3 is 15.2 Å². The Hall–Kier alpha value is -1.22. The van der Waals surface area contributed by atoms with Gasteiger partial charge >= 0.3 is 0 Å². The summed E-state index contributed by atoms with van der Waals surface area (Å²) in [5, 5.41) is 0. The van der Waals surface area contributed by atoms with Crippen molar-refractivity contribution in [2.24, 2.45) is 23.0 Å². The molecule has 2 aliphatic rings. The molecular weight excluding hydrogens is 250 g/mol. The molecule has 0 bridgehead atoms. The van der Waals surface area contributed by atoms with Crippen LogP contribution in [0.5, 0.6) is 11.5 Å². The van der Waals surface area contributed by atoms with Gasteiger partial charge in [-0.25, -0.2) is 0 Å². The van der Waals surface area contributed by atoms with Crippen LogP contribution in [0, 0.1) is 17.3 Å². The number of fused-ring (bicyclic) bond motifs is 1. The Morgan fingerprint density at radius 3 is 2.40 bits per heavy atom. The van der Waals surface area contributed by atoms with Crippen LogP contribution in [0.15, 0.2) is 24.3 Å². The lowest BCUT2D eigenvalue weighted by Gasteiger charge is -2.29. The molecule has 0 aliphatic heterocycles. The second-order valence-corrected chi connectivity index (χ2v) is 6.35. The van der Waals surface area contributed by atoms with E-state index >= 15 is 0 Å². The molecule has 3 heteroatoms. The zero-order valence-electron chi connectivity index (χ0n) is 12.3. The van der Waals surface area contributed by atoms with Crippen molar-refractivity contribution >= 4 is 0 Å². The third-order valence-corrected chi connectivity index (χ3v) is 4.93. The first kappa shape index (κ1) is 13.7. The van der Waals surface area contributed by atoms with E-state index in [1.807, 2.05) is 31.2 Å². The lowest BCUT2D eigenvalue weighted by atomic mass is 9.80. The molecule has 2 saturated carbocycles. The number of benzene rings is 1. The number of ether oxygens (including phenoxy) is 2. The third-order valence-electron chi connectivity index (χ3n) is 4.93. The van der Waals surface area contributed by atoms with Crippen molar-refractivity contribution in [3.8, 4) is 11.5 Å². The van der Waals surface area contributed by atoms with E-state index in [4.69, 9.17) is 15.2 Å². The Morgan fingerprint density at radius 2 is 1.80 bits per heavy atom. The fraction of sp³-hybridized carbons (Fsp3) is 0.647. The number of para-hydroxylation sites is 2. The number of hydrogen-bond acceptors (Lipinski definition) is 3. The smallest absolute Gasteiger partial charge is 0.161 e. The van der Waals surface area contributed by atoms with Crippen LogP contribution in [-0.2, 0) is 0 Å². The van der Waals surface area contributed by atoms with E-state index in [1.54, 1.807) is 0 Å². The highest BCUT2D eigenvalue weighted by Gasteiger charge is 2.52. The van der Waals surface area contributed by atoms with Gasteiger partial charge in [-0.3, -0.25) is 0 Å². The van der Waals surface area contributed by atoms with Crippen molar-refractivity contribution in [2.75, 3.05) is 19.8 Å². The van der Waals surface area contributed by atoms with E-state index in [9.17, 15) is 0 Å². The van der Waals surface area contributed by atoms with E-state index in [1.165, 1.54) is 19.3 Å². The molecule has 0 aromatic heterocycles. The largest absolute Gasteiger partial charge is 0.490 e. The second-order valence-electron chi connectivity index (χ2n) is 6.35. The van der Waals surface area contributed by atoms with Crippen LogP contribution in [0.2, 0.25) is 0 Å². The Balaban J connectivity index is 1.54. The van der Waals surface area contributed by atoms with Crippen LogP contribution < -0.4 is 15.2 Å². The van der Waals surface area contributed by atoms with Gasteiger partial charge in [0.15, 0.2) is 11.5 Å². The first-order valence-electron chi connectivity index (χ1n) is 7.81. The predicted molar refractivity (Wildman–Crippen MR) is 80.0 cm³/mol. The van der Waals surface area contributed by atoms with Gasteiger partial charge in [0.25, 0.3) is 0 Å². The van der Waals surface area contributed by atoms with E-state index in [0.717, 1.165) is 42.9 Å². The van der Waals surface area contributed by atoms with Crippen LogP contribution in [0.25, 0.3) is 0 Å². The fourth-order valence-electron chi connectivity index (χ4n) is 3.70. The Labute approximate surface area is 121 Å². The maximum absolute atomic E-state index is 6.03. The van der Waals surface area contributed by atoms with Crippen molar-refractivity contribution < 1.29 is 9.47 Å². The van der Waals surface area contributed by atoms with Gasteiger partial charge in [0, 0.05) is 0 Å².